The first-order valence-electron chi connectivity index (χ1n) is 12.2. The summed E-state index contributed by atoms with van der Waals surface area (Å²) in [6, 6.07) is 19.7. The predicted molar refractivity (Wildman–Crippen MR) is 154 cm³/mol. The van der Waals surface area contributed by atoms with Gasteiger partial charge in [-0.1, -0.05) is 51.1 Å². The van der Waals surface area contributed by atoms with Crippen molar-refractivity contribution in [3.05, 3.63) is 77.4 Å². The van der Waals surface area contributed by atoms with Crippen LogP contribution in [0.5, 0.6) is 5.75 Å². The Hall–Kier alpha value is -3.04. The predicted octanol–water partition coefficient (Wildman–Crippen LogP) is 4.85. The molecule has 200 valence electrons. The Morgan fingerprint density at radius 3 is 2.16 bits per heavy atom. The van der Waals surface area contributed by atoms with Gasteiger partial charge in [-0.15, -0.1) is 0 Å². The maximum absolute atomic E-state index is 11.1. The monoisotopic (exact) mass is 524 g/mol. The second-order valence-electron chi connectivity index (χ2n) is 9.46. The Kier molecular flexibility index (Phi) is 11.9. The Morgan fingerprint density at radius 1 is 1.03 bits per heavy atom. The second kappa shape index (κ2) is 14.6. The molecule has 7 nitrogen and oxygen atoms in total. The lowest BCUT2D eigenvalue weighted by atomic mass is 9.87. The maximum atomic E-state index is 11.1. The van der Waals surface area contributed by atoms with Crippen LogP contribution in [0.2, 0.25) is 0 Å². The number of methoxy groups -OCH3 is 1. The van der Waals surface area contributed by atoms with Gasteiger partial charge < -0.3 is 20.7 Å². The lowest BCUT2D eigenvalue weighted by Gasteiger charge is -2.22. The average Bonchev–Trinajstić information content (AvgIpc) is 2.88. The molecule has 8 heteroatoms. The summed E-state index contributed by atoms with van der Waals surface area (Å²) in [4.78, 5) is 13.9. The third kappa shape index (κ3) is 8.50. The molecule has 0 aliphatic carbocycles. The summed E-state index contributed by atoms with van der Waals surface area (Å²) in [5, 5.41) is 8.11. The van der Waals surface area contributed by atoms with E-state index < -0.39 is 11.0 Å². The van der Waals surface area contributed by atoms with Gasteiger partial charge in [-0.2, -0.15) is 0 Å². The van der Waals surface area contributed by atoms with Crippen molar-refractivity contribution in [2.45, 2.75) is 44.0 Å². The molecule has 0 heterocycles. The van der Waals surface area contributed by atoms with Crippen molar-refractivity contribution in [1.29, 1.82) is 0 Å². The molecule has 1 amide bonds. The number of hydrogen-bond donors (Lipinski definition) is 3. The second-order valence-corrected chi connectivity index (χ2v) is 10.5. The van der Waals surface area contributed by atoms with E-state index in [-0.39, 0.29) is 11.8 Å². The molecule has 0 aliphatic heterocycles. The first-order valence-corrected chi connectivity index (χ1v) is 13.4. The molecule has 37 heavy (non-hydrogen) atoms. The third-order valence-electron chi connectivity index (χ3n) is 5.98. The van der Waals surface area contributed by atoms with Gasteiger partial charge in [0.1, 0.15) is 16.7 Å². The molecule has 2 unspecified atom stereocenters. The molecule has 3 rings (SSSR count). The molecule has 0 fully saturated rings. The van der Waals surface area contributed by atoms with Crippen LogP contribution in [0.4, 0.5) is 5.69 Å². The number of carbonyl (C=O) groups is 1. The van der Waals surface area contributed by atoms with Crippen LogP contribution in [0.1, 0.15) is 49.3 Å². The zero-order valence-corrected chi connectivity index (χ0v) is 23.5. The molecule has 3 aromatic carbocycles. The van der Waals surface area contributed by atoms with Gasteiger partial charge in [-0.05, 0) is 85.1 Å². The first-order chi connectivity index (χ1) is 17.6. The lowest BCUT2D eigenvalue weighted by Crippen LogP contribution is -2.13. The minimum absolute atomic E-state index is 0.139. The number of nitrogens with zero attached hydrogens (tertiary/aromatic N) is 1. The first kappa shape index (κ1) is 30.2. The van der Waals surface area contributed by atoms with Gasteiger partial charge in [0, 0.05) is 17.8 Å². The van der Waals surface area contributed by atoms with E-state index in [4.69, 9.17) is 15.6 Å². The molecule has 0 aliphatic rings. The average molecular weight is 525 g/mol. The summed E-state index contributed by atoms with van der Waals surface area (Å²) >= 11 is 0. The van der Waals surface area contributed by atoms with Crippen molar-refractivity contribution in [2.24, 2.45) is 10.9 Å². The van der Waals surface area contributed by atoms with Crippen molar-refractivity contribution >= 4 is 23.1 Å². The van der Waals surface area contributed by atoms with Crippen LogP contribution in [0.25, 0.3) is 11.1 Å². The molecule has 0 bridgehead atoms. The van der Waals surface area contributed by atoms with Gasteiger partial charge in [0.05, 0.1) is 12.0 Å². The fourth-order valence-electron chi connectivity index (χ4n) is 4.02. The topological polar surface area (TPSA) is 111 Å². The fraction of sp³-hybridized carbons (Fsp3) is 0.345. The summed E-state index contributed by atoms with van der Waals surface area (Å²) in [5.74, 6) is 1.24. The summed E-state index contributed by atoms with van der Waals surface area (Å²) in [7, 11) is 4.33. The molecular weight excluding hydrogens is 484 g/mol. The summed E-state index contributed by atoms with van der Waals surface area (Å²) in [6.45, 7) is 7.71. The number of amides is 1. The number of benzene rings is 3. The third-order valence-corrected chi connectivity index (χ3v) is 6.72. The van der Waals surface area contributed by atoms with Gasteiger partial charge in [0.15, 0.2) is 0 Å². The largest absolute Gasteiger partial charge is 0.496 e. The molecule has 5 N–H and O–H groups in total. The summed E-state index contributed by atoms with van der Waals surface area (Å²) < 4.78 is 16.4. The van der Waals surface area contributed by atoms with Crippen LogP contribution in [0, 0.1) is 0 Å². The maximum Gasteiger partial charge on any atom is 0.211 e. The van der Waals surface area contributed by atoms with Crippen LogP contribution < -0.4 is 20.9 Å². The zero-order valence-electron chi connectivity index (χ0n) is 22.7. The van der Waals surface area contributed by atoms with Gasteiger partial charge in [-0.3, -0.25) is 4.79 Å². The van der Waals surface area contributed by atoms with E-state index >= 15 is 0 Å². The SMILES string of the molecule is CN(C)Cc1ccc(S(N)=O)cc1.COc1ccccc1-c1cc(C(C)C)c(NC=O)c(C(C)CN)c1. The van der Waals surface area contributed by atoms with E-state index in [1.54, 1.807) is 19.2 Å². The number of hydrogen-bond acceptors (Lipinski definition) is 5. The molecule has 3 aromatic rings. The summed E-state index contributed by atoms with van der Waals surface area (Å²) in [6.07, 6.45) is 0.733. The normalized spacial score (nSPS) is 12.5. The van der Waals surface area contributed by atoms with Crippen LogP contribution in [-0.2, 0) is 22.3 Å². The molecule has 0 saturated heterocycles. The number of nitrogens with two attached hydrogens (primary N) is 2. The highest BCUT2D eigenvalue weighted by atomic mass is 32.2. The minimum atomic E-state index is -1.36. The van der Waals surface area contributed by atoms with E-state index in [2.05, 4.69) is 43.1 Å². The van der Waals surface area contributed by atoms with E-state index in [1.807, 2.05) is 50.5 Å². The molecule has 0 radical (unpaired) electrons. The van der Waals surface area contributed by atoms with Gasteiger partial charge in [0.2, 0.25) is 6.41 Å². The number of nitrogens with one attached hydrogen (secondary N) is 1. The Balaban J connectivity index is 0.000000312. The Labute approximate surface area is 223 Å². The molecule has 0 saturated carbocycles. The quantitative estimate of drug-likeness (QED) is 0.329. The number of para-hydroxylation sites is 1. The lowest BCUT2D eigenvalue weighted by molar-refractivity contribution is -0.105. The highest BCUT2D eigenvalue weighted by Gasteiger charge is 2.19. The van der Waals surface area contributed by atoms with Gasteiger partial charge >= 0.3 is 0 Å². The highest BCUT2D eigenvalue weighted by Crippen LogP contribution is 2.39. The fourth-order valence-corrected chi connectivity index (χ4v) is 4.42. The summed E-state index contributed by atoms with van der Waals surface area (Å²) in [5.41, 5.74) is 12.2. The van der Waals surface area contributed by atoms with Crippen LogP contribution in [0.3, 0.4) is 0 Å². The van der Waals surface area contributed by atoms with Crippen LogP contribution in [-0.4, -0.2) is 43.3 Å². The van der Waals surface area contributed by atoms with Crippen molar-refractivity contribution in [3.63, 3.8) is 0 Å². The number of anilines is 1. The number of ether oxygens (including phenoxy) is 1. The molecule has 2 atom stereocenters. The molecule has 0 spiro atoms. The van der Waals surface area contributed by atoms with Crippen molar-refractivity contribution in [2.75, 3.05) is 33.1 Å². The molecular formula is C29H40N4O3S. The van der Waals surface area contributed by atoms with Gasteiger partial charge in [0.25, 0.3) is 0 Å². The van der Waals surface area contributed by atoms with E-state index in [1.165, 1.54) is 5.56 Å². The van der Waals surface area contributed by atoms with E-state index in [0.29, 0.717) is 11.4 Å². The number of carbonyl (C=O) groups excluding carboxylic acids is 1. The van der Waals surface area contributed by atoms with E-state index in [9.17, 15) is 9.00 Å². The molecule has 0 aromatic heterocycles. The van der Waals surface area contributed by atoms with Crippen LogP contribution >= 0.6 is 0 Å². The van der Waals surface area contributed by atoms with Gasteiger partial charge in [-0.25, -0.2) is 9.35 Å². The standard InChI is InChI=1S/C20H26N2O2.C9H14N2OS/c1-13(2)17-9-15(16-7-5-6-8-19(16)24-4)10-18(14(3)11-21)20(17)22-12-23;1-11(2)7-8-3-5-9(6-4-8)13(10)12/h5-10,12-14H,11,21H2,1-4H3,(H,22,23);3-6H,7,10H2,1-2H3. The van der Waals surface area contributed by atoms with E-state index in [0.717, 1.165) is 46.6 Å². The smallest absolute Gasteiger partial charge is 0.211 e. The highest BCUT2D eigenvalue weighted by molar-refractivity contribution is 7.82. The van der Waals surface area contributed by atoms with Crippen molar-refractivity contribution in [3.8, 4) is 16.9 Å². The minimum Gasteiger partial charge on any atom is -0.496 e. The van der Waals surface area contributed by atoms with Crippen molar-refractivity contribution < 1.29 is 13.7 Å². The Morgan fingerprint density at radius 2 is 1.65 bits per heavy atom. The zero-order chi connectivity index (χ0) is 27.5. The number of rotatable bonds is 10. The van der Waals surface area contributed by atoms with Crippen molar-refractivity contribution in [1.82, 2.24) is 4.90 Å². The van der Waals surface area contributed by atoms with Crippen LogP contribution in [0.15, 0.2) is 65.6 Å². The Bertz CT molecular complexity index is 1180.